The summed E-state index contributed by atoms with van der Waals surface area (Å²) in [5.74, 6) is 0.593. The number of benzene rings is 3. The molecule has 6 heteroatoms. The maximum atomic E-state index is 12.3. The van der Waals surface area contributed by atoms with Crippen LogP contribution in [-0.2, 0) is 10.0 Å². The number of nitrogens with one attached hydrogen (secondary N) is 1. The van der Waals surface area contributed by atoms with Crippen LogP contribution in [-0.4, -0.2) is 27.2 Å². The summed E-state index contributed by atoms with van der Waals surface area (Å²) < 4.78 is 32.2. The molecular formula is C20H21NO4S. The minimum atomic E-state index is -3.62. The average Bonchev–Trinajstić information content (AvgIpc) is 2.67. The Balaban J connectivity index is 1.66. The van der Waals surface area contributed by atoms with E-state index in [-0.39, 0.29) is 17.9 Å². The van der Waals surface area contributed by atoms with Crippen LogP contribution in [0, 0.1) is 0 Å². The molecule has 0 aliphatic rings. The molecule has 26 heavy (non-hydrogen) atoms. The number of rotatable bonds is 7. The van der Waals surface area contributed by atoms with E-state index in [1.54, 1.807) is 12.1 Å². The van der Waals surface area contributed by atoms with Crippen molar-refractivity contribution in [2.24, 2.45) is 0 Å². The number of aliphatic hydroxyl groups excluding tert-OH is 1. The third kappa shape index (κ3) is 4.04. The second kappa shape index (κ2) is 7.86. The van der Waals surface area contributed by atoms with Crippen LogP contribution in [0.1, 0.15) is 18.1 Å². The summed E-state index contributed by atoms with van der Waals surface area (Å²) >= 11 is 0. The van der Waals surface area contributed by atoms with Gasteiger partial charge in [-0.15, -0.1) is 0 Å². The van der Waals surface area contributed by atoms with Gasteiger partial charge in [0.1, 0.15) is 5.75 Å². The van der Waals surface area contributed by atoms with Crippen LogP contribution in [0.15, 0.2) is 71.6 Å². The molecule has 0 aliphatic carbocycles. The molecule has 0 saturated carbocycles. The molecule has 0 aliphatic heterocycles. The van der Waals surface area contributed by atoms with E-state index < -0.39 is 16.1 Å². The van der Waals surface area contributed by atoms with E-state index in [0.29, 0.717) is 5.75 Å². The number of hydrogen-bond donors (Lipinski definition) is 2. The van der Waals surface area contributed by atoms with Gasteiger partial charge in [0.25, 0.3) is 0 Å². The summed E-state index contributed by atoms with van der Waals surface area (Å²) in [5, 5.41) is 12.5. The van der Waals surface area contributed by atoms with Crippen molar-refractivity contribution in [1.29, 1.82) is 0 Å². The Bertz CT molecular complexity index is 979. The van der Waals surface area contributed by atoms with Gasteiger partial charge in [0, 0.05) is 6.54 Å². The van der Waals surface area contributed by atoms with Gasteiger partial charge in [0.05, 0.1) is 18.1 Å². The second-order valence-electron chi connectivity index (χ2n) is 5.95. The molecular weight excluding hydrogens is 350 g/mol. The lowest BCUT2D eigenvalue weighted by Crippen LogP contribution is -2.26. The largest absolute Gasteiger partial charge is 0.497 e. The third-order valence-electron chi connectivity index (χ3n) is 4.26. The predicted octanol–water partition coefficient (Wildman–Crippen LogP) is 3.25. The molecule has 0 spiro atoms. The summed E-state index contributed by atoms with van der Waals surface area (Å²) in [6, 6.07) is 19.7. The highest BCUT2D eigenvalue weighted by Crippen LogP contribution is 2.26. The predicted molar refractivity (Wildman–Crippen MR) is 102 cm³/mol. The van der Waals surface area contributed by atoms with E-state index in [4.69, 9.17) is 4.74 Å². The topological polar surface area (TPSA) is 75.6 Å². The van der Waals surface area contributed by atoms with Gasteiger partial charge in [-0.2, -0.15) is 0 Å². The quantitative estimate of drug-likeness (QED) is 0.668. The molecule has 0 saturated heterocycles. The van der Waals surface area contributed by atoms with Crippen LogP contribution >= 0.6 is 0 Å². The van der Waals surface area contributed by atoms with E-state index in [1.807, 2.05) is 42.5 Å². The number of fused-ring (bicyclic) bond motifs is 1. The second-order valence-corrected chi connectivity index (χ2v) is 7.71. The molecule has 0 radical (unpaired) electrons. The Morgan fingerprint density at radius 2 is 1.69 bits per heavy atom. The fourth-order valence-corrected chi connectivity index (χ4v) is 3.91. The Morgan fingerprint density at radius 1 is 1.00 bits per heavy atom. The molecule has 0 bridgehead atoms. The molecule has 2 N–H and O–H groups in total. The zero-order valence-electron chi connectivity index (χ0n) is 14.4. The van der Waals surface area contributed by atoms with E-state index in [2.05, 4.69) is 4.72 Å². The first-order valence-electron chi connectivity index (χ1n) is 8.31. The van der Waals surface area contributed by atoms with Crippen LogP contribution in [0.2, 0.25) is 0 Å². The minimum absolute atomic E-state index is 0.138. The van der Waals surface area contributed by atoms with Crippen molar-refractivity contribution < 1.29 is 18.3 Å². The summed E-state index contributed by atoms with van der Waals surface area (Å²) in [7, 11) is -2.10. The maximum absolute atomic E-state index is 12.3. The van der Waals surface area contributed by atoms with Crippen molar-refractivity contribution in [3.63, 3.8) is 0 Å². The molecule has 3 rings (SSSR count). The third-order valence-corrected chi connectivity index (χ3v) is 5.74. The van der Waals surface area contributed by atoms with Gasteiger partial charge in [-0.25, -0.2) is 13.1 Å². The van der Waals surface area contributed by atoms with Crippen LogP contribution in [0.4, 0.5) is 0 Å². The number of methoxy groups -OCH3 is 1. The monoisotopic (exact) mass is 371 g/mol. The van der Waals surface area contributed by atoms with Crippen LogP contribution < -0.4 is 9.46 Å². The Morgan fingerprint density at radius 3 is 2.42 bits per heavy atom. The van der Waals surface area contributed by atoms with Gasteiger partial charge in [-0.1, -0.05) is 42.5 Å². The number of hydrogen-bond acceptors (Lipinski definition) is 4. The Hall–Kier alpha value is -2.41. The lowest BCUT2D eigenvalue weighted by atomic mass is 9.99. The van der Waals surface area contributed by atoms with Crippen molar-refractivity contribution in [3.8, 4) is 5.75 Å². The highest BCUT2D eigenvalue weighted by molar-refractivity contribution is 7.89. The number of ether oxygens (including phenoxy) is 1. The van der Waals surface area contributed by atoms with Crippen molar-refractivity contribution in [1.82, 2.24) is 4.72 Å². The first-order chi connectivity index (χ1) is 12.5. The van der Waals surface area contributed by atoms with Crippen molar-refractivity contribution in [2.45, 2.75) is 17.4 Å². The Labute approximate surface area is 153 Å². The molecule has 0 amide bonds. The molecule has 0 aromatic heterocycles. The smallest absolute Gasteiger partial charge is 0.240 e. The summed E-state index contributed by atoms with van der Waals surface area (Å²) in [6.45, 7) is 0.138. The zero-order valence-corrected chi connectivity index (χ0v) is 15.2. The fourth-order valence-electron chi connectivity index (χ4n) is 2.86. The van der Waals surface area contributed by atoms with Gasteiger partial charge >= 0.3 is 0 Å². The van der Waals surface area contributed by atoms with E-state index in [0.717, 1.165) is 16.3 Å². The van der Waals surface area contributed by atoms with E-state index in [1.165, 1.54) is 19.2 Å². The van der Waals surface area contributed by atoms with Crippen molar-refractivity contribution in [2.75, 3.05) is 13.7 Å². The van der Waals surface area contributed by atoms with Gasteiger partial charge in [0.2, 0.25) is 10.0 Å². The lowest BCUT2D eigenvalue weighted by molar-refractivity contribution is 0.170. The first-order valence-corrected chi connectivity index (χ1v) is 9.79. The van der Waals surface area contributed by atoms with Gasteiger partial charge in [0.15, 0.2) is 0 Å². The molecule has 136 valence electrons. The fraction of sp³-hybridized carbons (Fsp3) is 0.200. The SMILES string of the molecule is COc1ccc(S(=O)(=O)NCC[C@@H](O)c2cccc3ccccc23)cc1. The number of sulfonamides is 1. The average molecular weight is 371 g/mol. The standard InChI is InChI=1S/C20H21NO4S/c1-25-16-9-11-17(12-10-16)26(23,24)21-14-13-20(22)19-8-4-6-15-5-2-3-7-18(15)19/h2-12,20-22H,13-14H2,1H3/t20-/m1/s1. The normalized spacial score (nSPS) is 12.8. The molecule has 0 heterocycles. The molecule has 0 fully saturated rings. The molecule has 0 unspecified atom stereocenters. The summed E-state index contributed by atoms with van der Waals surface area (Å²) in [4.78, 5) is 0.165. The molecule has 5 nitrogen and oxygen atoms in total. The molecule has 3 aromatic rings. The Kier molecular flexibility index (Phi) is 5.56. The zero-order chi connectivity index (χ0) is 18.6. The lowest BCUT2D eigenvalue weighted by Gasteiger charge is -2.14. The maximum Gasteiger partial charge on any atom is 0.240 e. The van der Waals surface area contributed by atoms with Gasteiger partial charge < -0.3 is 9.84 Å². The van der Waals surface area contributed by atoms with Gasteiger partial charge in [-0.3, -0.25) is 0 Å². The van der Waals surface area contributed by atoms with Crippen LogP contribution in [0.25, 0.3) is 10.8 Å². The molecule has 1 atom stereocenters. The first kappa shape index (κ1) is 18.4. The highest BCUT2D eigenvalue weighted by Gasteiger charge is 2.16. The van der Waals surface area contributed by atoms with E-state index in [9.17, 15) is 13.5 Å². The summed E-state index contributed by atoms with van der Waals surface area (Å²) in [5.41, 5.74) is 0.798. The van der Waals surface area contributed by atoms with Crippen LogP contribution in [0.5, 0.6) is 5.75 Å². The number of aliphatic hydroxyl groups is 1. The van der Waals surface area contributed by atoms with Crippen molar-refractivity contribution in [3.05, 3.63) is 72.3 Å². The van der Waals surface area contributed by atoms with Crippen LogP contribution in [0.3, 0.4) is 0 Å². The van der Waals surface area contributed by atoms with E-state index >= 15 is 0 Å². The van der Waals surface area contributed by atoms with Gasteiger partial charge in [-0.05, 0) is 47.0 Å². The minimum Gasteiger partial charge on any atom is -0.497 e. The summed E-state index contributed by atoms with van der Waals surface area (Å²) in [6.07, 6.45) is -0.469. The van der Waals surface area contributed by atoms with Crippen molar-refractivity contribution >= 4 is 20.8 Å². The molecule has 3 aromatic carbocycles. The highest BCUT2D eigenvalue weighted by atomic mass is 32.2.